The average Bonchev–Trinajstić information content (AvgIpc) is 2.93. The molecule has 1 saturated heterocycles. The third-order valence-corrected chi connectivity index (χ3v) is 6.65. The van der Waals surface area contributed by atoms with Crippen molar-refractivity contribution in [2.75, 3.05) is 37.7 Å². The van der Waals surface area contributed by atoms with Gasteiger partial charge in [-0.2, -0.15) is 0 Å². The molecule has 5 rings (SSSR count). The minimum atomic E-state index is -0.681. The maximum atomic E-state index is 12.9. The number of anilines is 1. The molecular formula is C28H29Cl2N5O2. The van der Waals surface area contributed by atoms with E-state index >= 15 is 0 Å². The second kappa shape index (κ2) is 12.3. The van der Waals surface area contributed by atoms with Crippen LogP contribution in [0.4, 0.5) is 5.82 Å². The first-order chi connectivity index (χ1) is 17.6. The van der Waals surface area contributed by atoms with Crippen molar-refractivity contribution in [3.63, 3.8) is 0 Å². The van der Waals surface area contributed by atoms with Gasteiger partial charge in [-0.3, -0.25) is 4.79 Å². The van der Waals surface area contributed by atoms with Crippen molar-refractivity contribution >= 4 is 46.5 Å². The van der Waals surface area contributed by atoms with E-state index in [1.807, 2.05) is 71.6 Å². The van der Waals surface area contributed by atoms with Crippen molar-refractivity contribution < 1.29 is 9.53 Å². The largest absolute Gasteiger partial charge is 0.375 e. The summed E-state index contributed by atoms with van der Waals surface area (Å²) in [7, 11) is 0. The maximum Gasteiger partial charge on any atom is 0.241 e. The Morgan fingerprint density at radius 2 is 1.54 bits per heavy atom. The normalized spacial score (nSPS) is 14.3. The Bertz CT molecular complexity index is 1330. The predicted molar refractivity (Wildman–Crippen MR) is 150 cm³/mol. The lowest BCUT2D eigenvalue weighted by molar-refractivity contribution is -0.134. The number of nitrogens with zero attached hydrogens (tertiary/aromatic N) is 4. The molecule has 2 N–H and O–H groups in total. The van der Waals surface area contributed by atoms with E-state index in [-0.39, 0.29) is 24.9 Å². The molecule has 0 radical (unpaired) electrons. The molecule has 1 fully saturated rings. The molecule has 0 aliphatic carbocycles. The van der Waals surface area contributed by atoms with E-state index in [1.165, 1.54) is 0 Å². The lowest BCUT2D eigenvalue weighted by Crippen LogP contribution is -2.54. The van der Waals surface area contributed by atoms with Gasteiger partial charge in [0.2, 0.25) is 5.91 Å². The zero-order valence-electron chi connectivity index (χ0n) is 20.3. The minimum absolute atomic E-state index is 0. The van der Waals surface area contributed by atoms with Gasteiger partial charge in [-0.25, -0.2) is 0 Å². The molecule has 0 spiro atoms. The van der Waals surface area contributed by atoms with Crippen LogP contribution in [-0.2, 0) is 16.1 Å². The first-order valence-electron chi connectivity index (χ1n) is 12.0. The summed E-state index contributed by atoms with van der Waals surface area (Å²) in [5.74, 6) is 0.739. The molecule has 2 heterocycles. The number of ether oxygens (including phenoxy) is 1. The van der Waals surface area contributed by atoms with Crippen LogP contribution in [-0.4, -0.2) is 59.8 Å². The average molecular weight is 538 g/mol. The van der Waals surface area contributed by atoms with Gasteiger partial charge in [-0.1, -0.05) is 78.3 Å². The second-order valence-corrected chi connectivity index (χ2v) is 9.28. The van der Waals surface area contributed by atoms with Crippen LogP contribution in [0.25, 0.3) is 22.0 Å². The van der Waals surface area contributed by atoms with Crippen LogP contribution in [0, 0.1) is 0 Å². The highest BCUT2D eigenvalue weighted by Crippen LogP contribution is 2.32. The summed E-state index contributed by atoms with van der Waals surface area (Å²) in [6.45, 7) is 3.08. The molecule has 7 nitrogen and oxygen atoms in total. The number of amides is 1. The first-order valence-corrected chi connectivity index (χ1v) is 12.4. The summed E-state index contributed by atoms with van der Waals surface area (Å²) in [6.07, 6.45) is 0. The molecule has 0 saturated carbocycles. The van der Waals surface area contributed by atoms with Crippen molar-refractivity contribution in [3.8, 4) is 11.3 Å². The zero-order chi connectivity index (χ0) is 24.9. The second-order valence-electron chi connectivity index (χ2n) is 8.84. The Morgan fingerprint density at radius 3 is 2.24 bits per heavy atom. The van der Waals surface area contributed by atoms with E-state index < -0.39 is 6.04 Å². The first kappa shape index (κ1) is 26.8. The van der Waals surface area contributed by atoms with Gasteiger partial charge in [0, 0.05) is 47.5 Å². The van der Waals surface area contributed by atoms with E-state index in [2.05, 4.69) is 27.2 Å². The molecule has 1 atom stereocenters. The van der Waals surface area contributed by atoms with Crippen molar-refractivity contribution in [3.05, 3.63) is 89.4 Å². The molecule has 0 bridgehead atoms. The number of carbonyl (C=O) groups is 1. The maximum absolute atomic E-state index is 12.9. The molecule has 9 heteroatoms. The number of aromatic nitrogens is 2. The van der Waals surface area contributed by atoms with Gasteiger partial charge in [0.25, 0.3) is 0 Å². The number of piperazine rings is 1. The van der Waals surface area contributed by atoms with E-state index in [9.17, 15) is 4.79 Å². The predicted octanol–water partition coefficient (Wildman–Crippen LogP) is 4.56. The van der Waals surface area contributed by atoms with Crippen LogP contribution in [0.3, 0.4) is 0 Å². The summed E-state index contributed by atoms with van der Waals surface area (Å²) < 4.78 is 5.68. The van der Waals surface area contributed by atoms with Crippen molar-refractivity contribution in [1.29, 1.82) is 0 Å². The fourth-order valence-corrected chi connectivity index (χ4v) is 4.59. The van der Waals surface area contributed by atoms with Crippen LogP contribution in [0.2, 0.25) is 5.02 Å². The van der Waals surface area contributed by atoms with Crippen LogP contribution in [0.1, 0.15) is 5.56 Å². The van der Waals surface area contributed by atoms with Crippen molar-refractivity contribution in [2.45, 2.75) is 12.6 Å². The highest BCUT2D eigenvalue weighted by atomic mass is 35.5. The fraction of sp³-hybridized carbons (Fsp3) is 0.250. The SMILES string of the molecule is Cl.NC(COCc1ccccc1)C(=O)N1CCN(c2nnc(-c3ccc(Cl)cc3)c3ccccc23)CC1. The molecule has 1 aromatic heterocycles. The lowest BCUT2D eigenvalue weighted by Gasteiger charge is -2.36. The third kappa shape index (κ3) is 6.19. The Hall–Kier alpha value is -3.23. The monoisotopic (exact) mass is 537 g/mol. The van der Waals surface area contributed by atoms with Gasteiger partial charge < -0.3 is 20.3 Å². The Labute approximate surface area is 227 Å². The Balaban J connectivity index is 0.00000320. The number of benzene rings is 3. The van der Waals surface area contributed by atoms with E-state index in [0.717, 1.165) is 33.4 Å². The van der Waals surface area contributed by atoms with Gasteiger partial charge in [-0.05, 0) is 17.7 Å². The van der Waals surface area contributed by atoms with Crippen molar-refractivity contribution in [1.82, 2.24) is 15.1 Å². The molecular weight excluding hydrogens is 509 g/mol. The van der Waals surface area contributed by atoms with Crippen LogP contribution < -0.4 is 10.6 Å². The Kier molecular flexibility index (Phi) is 8.95. The fourth-order valence-electron chi connectivity index (χ4n) is 4.47. The highest BCUT2D eigenvalue weighted by Gasteiger charge is 2.27. The molecule has 3 aromatic carbocycles. The smallest absolute Gasteiger partial charge is 0.241 e. The number of nitrogens with two attached hydrogens (primary N) is 1. The number of hydrogen-bond acceptors (Lipinski definition) is 6. The van der Waals surface area contributed by atoms with Gasteiger partial charge >= 0.3 is 0 Å². The number of fused-ring (bicyclic) bond motifs is 1. The van der Waals surface area contributed by atoms with Crippen LogP contribution in [0.15, 0.2) is 78.9 Å². The minimum Gasteiger partial charge on any atom is -0.375 e. The highest BCUT2D eigenvalue weighted by molar-refractivity contribution is 6.30. The van der Waals surface area contributed by atoms with Gasteiger partial charge in [0.05, 0.1) is 13.2 Å². The third-order valence-electron chi connectivity index (χ3n) is 6.40. The van der Waals surface area contributed by atoms with Gasteiger partial charge in [0.1, 0.15) is 11.7 Å². The summed E-state index contributed by atoms with van der Waals surface area (Å²) in [5, 5.41) is 11.9. The van der Waals surface area contributed by atoms with Gasteiger partial charge in [0.15, 0.2) is 5.82 Å². The quantitative estimate of drug-likeness (QED) is 0.371. The molecule has 192 valence electrons. The molecule has 4 aromatic rings. The topological polar surface area (TPSA) is 84.6 Å². The molecule has 37 heavy (non-hydrogen) atoms. The summed E-state index contributed by atoms with van der Waals surface area (Å²) in [6, 6.07) is 24.9. The lowest BCUT2D eigenvalue weighted by atomic mass is 10.0. The number of carbonyl (C=O) groups excluding carboxylic acids is 1. The molecule has 1 aliphatic heterocycles. The standard InChI is InChI=1S/C28H28ClN5O2.ClH/c29-22-12-10-21(11-13-22)26-23-8-4-5-9-24(23)27(32-31-26)33-14-16-34(17-15-33)28(35)25(30)19-36-18-20-6-2-1-3-7-20;/h1-13,25H,14-19,30H2;1H. The van der Waals surface area contributed by atoms with E-state index in [1.54, 1.807) is 0 Å². The number of rotatable bonds is 7. The molecule has 1 unspecified atom stereocenters. The van der Waals surface area contributed by atoms with Crippen LogP contribution in [0.5, 0.6) is 0 Å². The summed E-state index contributed by atoms with van der Waals surface area (Å²) >= 11 is 6.06. The zero-order valence-corrected chi connectivity index (χ0v) is 21.9. The summed E-state index contributed by atoms with van der Waals surface area (Å²) in [5.41, 5.74) is 9.00. The number of hydrogen-bond donors (Lipinski definition) is 1. The van der Waals surface area contributed by atoms with Crippen molar-refractivity contribution in [2.24, 2.45) is 5.73 Å². The molecule has 1 aliphatic rings. The van der Waals surface area contributed by atoms with Gasteiger partial charge in [-0.15, -0.1) is 22.6 Å². The van der Waals surface area contributed by atoms with E-state index in [0.29, 0.717) is 37.8 Å². The molecule has 1 amide bonds. The number of halogens is 2. The summed E-state index contributed by atoms with van der Waals surface area (Å²) in [4.78, 5) is 16.9. The Morgan fingerprint density at radius 1 is 0.892 bits per heavy atom. The van der Waals surface area contributed by atoms with E-state index in [4.69, 9.17) is 22.1 Å². The van der Waals surface area contributed by atoms with Crippen LogP contribution >= 0.6 is 24.0 Å².